The van der Waals surface area contributed by atoms with E-state index in [0.717, 1.165) is 30.5 Å². The van der Waals surface area contributed by atoms with Gasteiger partial charge < -0.3 is 18.9 Å². The molecule has 0 N–H and O–H groups in total. The Hall–Kier alpha value is -3.44. The first-order chi connectivity index (χ1) is 19.4. The Morgan fingerprint density at radius 3 is 2.62 bits per heavy atom. The van der Waals surface area contributed by atoms with E-state index >= 15 is 4.39 Å². The van der Waals surface area contributed by atoms with E-state index in [1.54, 1.807) is 29.7 Å². The van der Waals surface area contributed by atoms with Crippen molar-refractivity contribution in [2.24, 2.45) is 5.92 Å². The number of carbonyl (C=O) groups is 2. The standard InChI is InChI=1S/C30H30FN5O3S.CH4.H2S/c1-17-21-9-12-40-25(21)8-11-36(17)29(37)20-13-23(18-3-4-18)28-32-24(16-35(28)15-20)22-5-6-26(33-27(22)31)34-10-7-19(14-34)30(38)39-2;;/h5-6,9,12-13,15-19H,3-4,7-8,10-11,14H2,1-2H3;1H4;1H2/t17-,19+;;/m1../s1. The van der Waals surface area contributed by atoms with Crippen molar-refractivity contribution in [2.45, 2.75) is 52.0 Å². The second-order valence-electron chi connectivity index (χ2n) is 11.0. The molecule has 4 aromatic rings. The molecule has 6 heterocycles. The normalized spacial score (nSPS) is 19.7. The van der Waals surface area contributed by atoms with Gasteiger partial charge in [-0.1, -0.05) is 7.43 Å². The number of esters is 1. The number of imidazole rings is 1. The Morgan fingerprint density at radius 1 is 1.07 bits per heavy atom. The fraction of sp³-hybridized carbons (Fsp3) is 0.419. The van der Waals surface area contributed by atoms with Crippen molar-refractivity contribution in [2.75, 3.05) is 31.6 Å². The van der Waals surface area contributed by atoms with Gasteiger partial charge in [-0.2, -0.15) is 17.9 Å². The molecule has 2 aliphatic heterocycles. The maximum Gasteiger partial charge on any atom is 0.310 e. The second-order valence-corrected chi connectivity index (χ2v) is 12.0. The zero-order valence-corrected chi connectivity index (χ0v) is 24.8. The molecule has 7 rings (SSSR count). The molecular weight excluding hydrogens is 574 g/mol. The van der Waals surface area contributed by atoms with Gasteiger partial charge in [-0.05, 0) is 79.3 Å². The van der Waals surface area contributed by atoms with Crippen LogP contribution in [0.5, 0.6) is 0 Å². The minimum atomic E-state index is -0.611. The van der Waals surface area contributed by atoms with Crippen LogP contribution in [0.15, 0.2) is 42.0 Å². The van der Waals surface area contributed by atoms with E-state index in [0.29, 0.717) is 54.6 Å². The Morgan fingerprint density at radius 2 is 1.88 bits per heavy atom. The van der Waals surface area contributed by atoms with Crippen LogP contribution in [0.25, 0.3) is 16.9 Å². The summed E-state index contributed by atoms with van der Waals surface area (Å²) in [5.74, 6) is -0.231. The molecule has 0 spiro atoms. The summed E-state index contributed by atoms with van der Waals surface area (Å²) in [4.78, 5) is 39.9. The molecule has 42 heavy (non-hydrogen) atoms. The first-order valence-corrected chi connectivity index (χ1v) is 14.7. The minimum absolute atomic E-state index is 0. The number of ether oxygens (including phenoxy) is 1. The minimum Gasteiger partial charge on any atom is -0.469 e. The maximum absolute atomic E-state index is 15.4. The zero-order chi connectivity index (χ0) is 27.5. The Bertz CT molecular complexity index is 1650. The van der Waals surface area contributed by atoms with Crippen molar-refractivity contribution in [3.63, 3.8) is 0 Å². The van der Waals surface area contributed by atoms with Crippen LogP contribution >= 0.6 is 24.8 Å². The third-order valence-corrected chi connectivity index (χ3v) is 9.54. The lowest BCUT2D eigenvalue weighted by atomic mass is 10.00. The maximum atomic E-state index is 15.4. The molecule has 2 atom stereocenters. The van der Waals surface area contributed by atoms with Gasteiger partial charge >= 0.3 is 5.97 Å². The Balaban J connectivity index is 0.00000176. The number of carbonyl (C=O) groups excluding carboxylic acids is 2. The highest BCUT2D eigenvalue weighted by molar-refractivity contribution is 7.59. The van der Waals surface area contributed by atoms with Gasteiger partial charge in [0.25, 0.3) is 5.91 Å². The lowest BCUT2D eigenvalue weighted by molar-refractivity contribution is -0.144. The molecule has 3 aliphatic rings. The third-order valence-electron chi connectivity index (χ3n) is 8.54. The molecule has 222 valence electrons. The van der Waals surface area contributed by atoms with Crippen molar-refractivity contribution in [3.05, 3.63) is 69.6 Å². The van der Waals surface area contributed by atoms with E-state index in [1.807, 2.05) is 26.5 Å². The molecule has 1 saturated heterocycles. The predicted octanol–water partition coefficient (Wildman–Crippen LogP) is 5.98. The van der Waals surface area contributed by atoms with Crippen LogP contribution in [0, 0.1) is 11.9 Å². The Kier molecular flexibility index (Phi) is 8.35. The molecule has 1 aliphatic carbocycles. The zero-order valence-electron chi connectivity index (χ0n) is 23.0. The van der Waals surface area contributed by atoms with Crippen LogP contribution < -0.4 is 4.90 Å². The molecule has 0 unspecified atom stereocenters. The topological polar surface area (TPSA) is 80.0 Å². The molecule has 11 heteroatoms. The van der Waals surface area contributed by atoms with Gasteiger partial charge in [0.1, 0.15) is 11.5 Å². The van der Waals surface area contributed by atoms with E-state index in [1.165, 1.54) is 17.6 Å². The molecule has 4 aromatic heterocycles. The van der Waals surface area contributed by atoms with Crippen LogP contribution in [0.1, 0.15) is 71.9 Å². The van der Waals surface area contributed by atoms with Gasteiger partial charge in [0.05, 0.1) is 35.9 Å². The summed E-state index contributed by atoms with van der Waals surface area (Å²) >= 11 is 1.76. The summed E-state index contributed by atoms with van der Waals surface area (Å²) in [6.45, 7) is 3.86. The van der Waals surface area contributed by atoms with Crippen molar-refractivity contribution < 1.29 is 18.7 Å². The van der Waals surface area contributed by atoms with E-state index in [2.05, 4.69) is 23.4 Å². The number of amides is 1. The largest absolute Gasteiger partial charge is 0.469 e. The number of thiophene rings is 1. The third kappa shape index (κ3) is 5.17. The number of nitrogens with zero attached hydrogens (tertiary/aromatic N) is 5. The van der Waals surface area contributed by atoms with E-state index in [9.17, 15) is 9.59 Å². The van der Waals surface area contributed by atoms with Crippen LogP contribution in [0.3, 0.4) is 0 Å². The van der Waals surface area contributed by atoms with Crippen LogP contribution in [-0.2, 0) is 16.0 Å². The lowest BCUT2D eigenvalue weighted by Gasteiger charge is -2.33. The van der Waals surface area contributed by atoms with Crippen molar-refractivity contribution in [3.8, 4) is 11.3 Å². The van der Waals surface area contributed by atoms with Gasteiger partial charge in [0.2, 0.25) is 5.95 Å². The number of methoxy groups -OCH3 is 1. The summed E-state index contributed by atoms with van der Waals surface area (Å²) in [5.41, 5.74) is 4.44. The highest BCUT2D eigenvalue weighted by Crippen LogP contribution is 2.43. The number of hydrogen-bond donors (Lipinski definition) is 0. The monoisotopic (exact) mass is 609 g/mol. The average Bonchev–Trinajstić information content (AvgIpc) is 3.32. The lowest BCUT2D eigenvalue weighted by Crippen LogP contribution is -2.38. The van der Waals surface area contributed by atoms with Crippen molar-refractivity contribution >= 4 is 48.2 Å². The fourth-order valence-corrected chi connectivity index (χ4v) is 7.10. The number of fused-ring (bicyclic) bond motifs is 2. The summed E-state index contributed by atoms with van der Waals surface area (Å²) in [6.07, 6.45) is 7.25. The summed E-state index contributed by atoms with van der Waals surface area (Å²) in [7, 11) is 1.38. The molecular formula is C31H36FN5O3S2. The number of pyridine rings is 2. The number of hydrogen-bond acceptors (Lipinski definition) is 7. The summed E-state index contributed by atoms with van der Waals surface area (Å²) in [6, 6.07) is 7.61. The number of halogens is 1. The SMILES string of the molecule is C.COC(=O)[C@H]1CCN(c2ccc(-c3cn4cc(C(=O)N5CCc6sccc6[C@H]5C)cc(C5CC5)c4n3)c(F)n2)C1.S. The number of anilines is 1. The average molecular weight is 610 g/mol. The molecule has 1 amide bonds. The van der Waals surface area contributed by atoms with Crippen LogP contribution in [-0.4, -0.2) is 57.9 Å². The van der Waals surface area contributed by atoms with Crippen LogP contribution in [0.4, 0.5) is 10.2 Å². The van der Waals surface area contributed by atoms with Gasteiger partial charge in [0, 0.05) is 36.9 Å². The number of rotatable bonds is 5. The molecule has 8 nitrogen and oxygen atoms in total. The smallest absolute Gasteiger partial charge is 0.310 e. The molecule has 1 saturated carbocycles. The molecule has 2 fully saturated rings. The van der Waals surface area contributed by atoms with Crippen molar-refractivity contribution in [1.82, 2.24) is 19.3 Å². The summed E-state index contributed by atoms with van der Waals surface area (Å²) < 4.78 is 22.1. The quantitative estimate of drug-likeness (QED) is 0.205. The van der Waals surface area contributed by atoms with Gasteiger partial charge in [0.15, 0.2) is 0 Å². The van der Waals surface area contributed by atoms with Crippen molar-refractivity contribution in [1.29, 1.82) is 0 Å². The van der Waals surface area contributed by atoms with E-state index < -0.39 is 5.95 Å². The molecule has 0 radical (unpaired) electrons. The molecule has 0 aromatic carbocycles. The number of aromatic nitrogens is 3. The van der Waals surface area contributed by atoms with Gasteiger partial charge in [-0.15, -0.1) is 11.3 Å². The first-order valence-electron chi connectivity index (χ1n) is 13.8. The Labute approximate surface area is 256 Å². The first kappa shape index (κ1) is 30.0. The highest BCUT2D eigenvalue weighted by atomic mass is 32.1. The van der Waals surface area contributed by atoms with Crippen LogP contribution in [0.2, 0.25) is 0 Å². The van der Waals surface area contributed by atoms with E-state index in [4.69, 9.17) is 9.72 Å². The fourth-order valence-electron chi connectivity index (χ4n) is 6.14. The summed E-state index contributed by atoms with van der Waals surface area (Å²) in [5, 5.41) is 2.10. The molecule has 0 bridgehead atoms. The highest BCUT2D eigenvalue weighted by Gasteiger charge is 2.33. The van der Waals surface area contributed by atoms with Gasteiger partial charge in [-0.25, -0.2) is 9.97 Å². The van der Waals surface area contributed by atoms with E-state index in [-0.39, 0.29) is 44.8 Å². The second kappa shape index (κ2) is 11.7. The van der Waals surface area contributed by atoms with Gasteiger partial charge in [-0.3, -0.25) is 9.59 Å². The predicted molar refractivity (Wildman–Crippen MR) is 167 cm³/mol.